The summed E-state index contributed by atoms with van der Waals surface area (Å²) in [7, 11) is 0. The van der Waals surface area contributed by atoms with Crippen LogP contribution in [0.1, 0.15) is 65.2 Å². The number of rotatable bonds is 7. The number of carbonyl (C=O) groups excluding carboxylic acids is 2. The Morgan fingerprint density at radius 3 is 2.45 bits per heavy atom. The van der Waals surface area contributed by atoms with E-state index in [1.807, 2.05) is 13.8 Å². The average Bonchev–Trinajstić information content (AvgIpc) is 2.43. The molecule has 0 spiro atoms. The molecule has 1 saturated carbocycles. The molecule has 0 heterocycles. The Balaban J connectivity index is 2.63. The highest BCUT2D eigenvalue weighted by Gasteiger charge is 2.40. The summed E-state index contributed by atoms with van der Waals surface area (Å²) in [6, 6.07) is 0.0111. The van der Waals surface area contributed by atoms with Gasteiger partial charge >= 0.3 is 0 Å². The van der Waals surface area contributed by atoms with Crippen LogP contribution in [0.2, 0.25) is 0 Å². The number of amides is 2. The lowest BCUT2D eigenvalue weighted by Gasteiger charge is -2.36. The van der Waals surface area contributed by atoms with Crippen LogP contribution < -0.4 is 16.4 Å². The molecule has 0 aromatic rings. The fourth-order valence-electron chi connectivity index (χ4n) is 2.66. The molecule has 1 unspecified atom stereocenters. The van der Waals surface area contributed by atoms with Gasteiger partial charge < -0.3 is 16.4 Å². The van der Waals surface area contributed by atoms with Gasteiger partial charge in [0, 0.05) is 19.0 Å². The summed E-state index contributed by atoms with van der Waals surface area (Å²) in [4.78, 5) is 24.5. The second kappa shape index (κ2) is 8.25. The van der Waals surface area contributed by atoms with Gasteiger partial charge in [0.15, 0.2) is 0 Å². The maximum absolute atomic E-state index is 12.4. The largest absolute Gasteiger partial charge is 0.354 e. The molecule has 4 N–H and O–H groups in total. The number of carbonyl (C=O) groups is 2. The number of hydrogen-bond donors (Lipinski definition) is 3. The van der Waals surface area contributed by atoms with Crippen LogP contribution in [0.4, 0.5) is 0 Å². The molecular weight excluding hydrogens is 254 g/mol. The molecule has 1 aliphatic carbocycles. The van der Waals surface area contributed by atoms with Crippen LogP contribution in [0.15, 0.2) is 0 Å². The van der Waals surface area contributed by atoms with Crippen molar-refractivity contribution in [3.8, 4) is 0 Å². The van der Waals surface area contributed by atoms with Gasteiger partial charge in [-0.2, -0.15) is 0 Å². The standard InChI is InChI=1S/C15H29N3O2/c1-3-11-17-14(20)15(9-5-4-6-10-15)18-13(19)8-7-12(2)16/h12H,3-11,16H2,1-2H3,(H,17,20)(H,18,19). The maximum atomic E-state index is 12.4. The van der Waals surface area contributed by atoms with Crippen LogP contribution in [-0.4, -0.2) is 29.9 Å². The van der Waals surface area contributed by atoms with Gasteiger partial charge in [0.25, 0.3) is 0 Å². The lowest BCUT2D eigenvalue weighted by molar-refractivity contribution is -0.135. The number of nitrogens with one attached hydrogen (secondary N) is 2. The van der Waals surface area contributed by atoms with Gasteiger partial charge in [-0.15, -0.1) is 0 Å². The molecule has 5 nitrogen and oxygen atoms in total. The highest BCUT2D eigenvalue weighted by atomic mass is 16.2. The molecule has 2 amide bonds. The van der Waals surface area contributed by atoms with Gasteiger partial charge in [0.05, 0.1) is 0 Å². The Kier molecular flexibility index (Phi) is 6.99. The summed E-state index contributed by atoms with van der Waals surface area (Å²) < 4.78 is 0. The van der Waals surface area contributed by atoms with Crippen LogP contribution in [-0.2, 0) is 9.59 Å². The van der Waals surface area contributed by atoms with Gasteiger partial charge in [-0.1, -0.05) is 26.2 Å². The zero-order chi connectivity index (χ0) is 15.0. The summed E-state index contributed by atoms with van der Waals surface area (Å²) in [6.07, 6.45) is 6.55. The molecule has 0 bridgehead atoms. The van der Waals surface area contributed by atoms with Crippen LogP contribution in [0.5, 0.6) is 0 Å². The van der Waals surface area contributed by atoms with E-state index >= 15 is 0 Å². The molecule has 1 aliphatic rings. The predicted octanol–water partition coefficient (Wildman–Crippen LogP) is 1.46. The molecule has 1 rings (SSSR count). The lowest BCUT2D eigenvalue weighted by Crippen LogP contribution is -2.59. The fourth-order valence-corrected chi connectivity index (χ4v) is 2.66. The van der Waals surface area contributed by atoms with E-state index in [0.29, 0.717) is 19.4 Å². The van der Waals surface area contributed by atoms with Crippen molar-refractivity contribution in [1.82, 2.24) is 10.6 Å². The molecule has 0 radical (unpaired) electrons. The highest BCUT2D eigenvalue weighted by molar-refractivity contribution is 5.91. The number of nitrogens with two attached hydrogens (primary N) is 1. The second-order valence-electron chi connectivity index (χ2n) is 5.96. The quantitative estimate of drug-likeness (QED) is 0.661. The zero-order valence-corrected chi connectivity index (χ0v) is 12.8. The molecule has 1 fully saturated rings. The van der Waals surface area contributed by atoms with Crippen LogP contribution in [0.25, 0.3) is 0 Å². The third kappa shape index (κ3) is 5.12. The van der Waals surface area contributed by atoms with E-state index < -0.39 is 5.54 Å². The van der Waals surface area contributed by atoms with Crippen molar-refractivity contribution in [3.63, 3.8) is 0 Å². The van der Waals surface area contributed by atoms with Crippen molar-refractivity contribution in [1.29, 1.82) is 0 Å². The van der Waals surface area contributed by atoms with E-state index in [9.17, 15) is 9.59 Å². The van der Waals surface area contributed by atoms with E-state index in [-0.39, 0.29) is 17.9 Å². The van der Waals surface area contributed by atoms with Gasteiger partial charge in [-0.05, 0) is 32.6 Å². The topological polar surface area (TPSA) is 84.2 Å². The molecular formula is C15H29N3O2. The molecule has 5 heteroatoms. The van der Waals surface area contributed by atoms with Crippen LogP contribution >= 0.6 is 0 Å². The summed E-state index contributed by atoms with van der Waals surface area (Å²) in [5.74, 6) is -0.0796. The van der Waals surface area contributed by atoms with Crippen LogP contribution in [0, 0.1) is 0 Å². The zero-order valence-electron chi connectivity index (χ0n) is 12.8. The molecule has 116 valence electrons. The summed E-state index contributed by atoms with van der Waals surface area (Å²) in [5, 5.41) is 5.92. The van der Waals surface area contributed by atoms with Crippen molar-refractivity contribution < 1.29 is 9.59 Å². The maximum Gasteiger partial charge on any atom is 0.245 e. The summed E-state index contributed by atoms with van der Waals surface area (Å²) in [6.45, 7) is 4.57. The molecule has 0 aromatic carbocycles. The summed E-state index contributed by atoms with van der Waals surface area (Å²) >= 11 is 0. The number of hydrogen-bond acceptors (Lipinski definition) is 3. The molecule has 0 aromatic heterocycles. The molecule has 0 saturated heterocycles. The highest BCUT2D eigenvalue weighted by Crippen LogP contribution is 2.28. The van der Waals surface area contributed by atoms with Gasteiger partial charge in [-0.3, -0.25) is 9.59 Å². The summed E-state index contributed by atoms with van der Waals surface area (Å²) in [5.41, 5.74) is 4.98. The Bertz CT molecular complexity index is 323. The Morgan fingerprint density at radius 1 is 1.25 bits per heavy atom. The van der Waals surface area contributed by atoms with Crippen molar-refractivity contribution in [2.75, 3.05) is 6.54 Å². The van der Waals surface area contributed by atoms with Gasteiger partial charge in [0.2, 0.25) is 11.8 Å². The first kappa shape index (κ1) is 17.0. The first-order chi connectivity index (χ1) is 9.50. The van der Waals surface area contributed by atoms with Crippen molar-refractivity contribution in [2.45, 2.75) is 76.8 Å². The third-order valence-corrected chi connectivity index (χ3v) is 3.88. The van der Waals surface area contributed by atoms with Crippen molar-refractivity contribution in [3.05, 3.63) is 0 Å². The Labute approximate surface area is 122 Å². The van der Waals surface area contributed by atoms with Crippen molar-refractivity contribution >= 4 is 11.8 Å². The normalized spacial score (nSPS) is 19.1. The molecule has 0 aliphatic heterocycles. The smallest absolute Gasteiger partial charge is 0.245 e. The van der Waals surface area contributed by atoms with Gasteiger partial charge in [0.1, 0.15) is 5.54 Å². The lowest BCUT2D eigenvalue weighted by atomic mass is 9.80. The van der Waals surface area contributed by atoms with E-state index in [1.165, 1.54) is 0 Å². The first-order valence-corrected chi connectivity index (χ1v) is 7.85. The monoisotopic (exact) mass is 283 g/mol. The third-order valence-electron chi connectivity index (χ3n) is 3.88. The molecule has 20 heavy (non-hydrogen) atoms. The predicted molar refractivity (Wildman–Crippen MR) is 80.1 cm³/mol. The second-order valence-corrected chi connectivity index (χ2v) is 5.96. The minimum atomic E-state index is -0.692. The fraction of sp³-hybridized carbons (Fsp3) is 0.867. The van der Waals surface area contributed by atoms with E-state index in [2.05, 4.69) is 10.6 Å². The Morgan fingerprint density at radius 2 is 1.90 bits per heavy atom. The van der Waals surface area contributed by atoms with E-state index in [4.69, 9.17) is 5.73 Å². The van der Waals surface area contributed by atoms with Gasteiger partial charge in [-0.25, -0.2) is 0 Å². The SMILES string of the molecule is CCCNC(=O)C1(NC(=O)CCC(C)N)CCCCC1. The minimum Gasteiger partial charge on any atom is -0.354 e. The first-order valence-electron chi connectivity index (χ1n) is 7.85. The van der Waals surface area contributed by atoms with E-state index in [0.717, 1.165) is 38.5 Å². The molecule has 1 atom stereocenters. The van der Waals surface area contributed by atoms with E-state index in [1.54, 1.807) is 0 Å². The minimum absolute atomic E-state index is 0.0111. The van der Waals surface area contributed by atoms with Crippen LogP contribution in [0.3, 0.4) is 0 Å². The Hall–Kier alpha value is -1.10. The van der Waals surface area contributed by atoms with Crippen molar-refractivity contribution in [2.24, 2.45) is 5.73 Å². The average molecular weight is 283 g/mol.